The van der Waals surface area contributed by atoms with Gasteiger partial charge in [0.25, 0.3) is 0 Å². The molecule has 0 aliphatic carbocycles. The van der Waals surface area contributed by atoms with E-state index < -0.39 is 8.63 Å². The minimum atomic E-state index is -1.55. The molecule has 0 aliphatic rings. The van der Waals surface area contributed by atoms with E-state index in [9.17, 15) is 4.79 Å². The maximum absolute atomic E-state index is 9.82. The average Bonchev–Trinajstić information content (AvgIpc) is 1.85. The summed E-state index contributed by atoms with van der Waals surface area (Å²) in [7, 11) is 0. The second-order valence-electron chi connectivity index (χ2n) is 1.77. The zero-order valence-corrected chi connectivity index (χ0v) is 10.8. The van der Waals surface area contributed by atoms with Crippen LogP contribution in [0.15, 0.2) is 0 Å². The summed E-state index contributed by atoms with van der Waals surface area (Å²) in [6, 6.07) is 0. The molecule has 0 radical (unpaired) electrons. The van der Waals surface area contributed by atoms with Gasteiger partial charge in [-0.1, -0.05) is 34.8 Å². The van der Waals surface area contributed by atoms with Gasteiger partial charge in [0.2, 0.25) is 3.79 Å². The molecule has 0 aromatic rings. The Balaban J connectivity index is 0. The zero-order chi connectivity index (χ0) is 11.1. The first-order valence-corrected chi connectivity index (χ1v) is 5.20. The fraction of sp³-hybridized carbons (Fsp3) is 0.833. The number of esters is 1. The normalized spacial score (nSPS) is 10.5. The highest BCUT2D eigenvalue weighted by Crippen LogP contribution is 2.35. The smallest absolute Gasteiger partial charge is 0.302 e. The van der Waals surface area contributed by atoms with Crippen LogP contribution in [-0.2, 0) is 9.53 Å². The summed E-state index contributed by atoms with van der Waals surface area (Å²) < 4.78 is 2.85. The standard InChI is InChI=1S/C4H8O2.C2HCl5/c1-3-6-4(2)5;3-1(4)2(5,6)7/h3H2,1-2H3;1H. The van der Waals surface area contributed by atoms with Crippen LogP contribution in [0.2, 0.25) is 0 Å². The Kier molecular flexibility index (Phi) is 10.4. The highest BCUT2D eigenvalue weighted by molar-refractivity contribution is 6.73. The Morgan fingerprint density at radius 2 is 1.69 bits per heavy atom. The predicted octanol–water partition coefficient (Wildman–Crippen LogP) is 3.73. The highest BCUT2D eigenvalue weighted by Gasteiger charge is 2.28. The lowest BCUT2D eigenvalue weighted by atomic mass is 10.8. The van der Waals surface area contributed by atoms with Crippen molar-refractivity contribution in [3.8, 4) is 0 Å². The second-order valence-corrected chi connectivity index (χ2v) is 5.23. The van der Waals surface area contributed by atoms with Crippen molar-refractivity contribution in [2.45, 2.75) is 22.5 Å². The van der Waals surface area contributed by atoms with E-state index >= 15 is 0 Å². The molecule has 0 unspecified atom stereocenters. The van der Waals surface area contributed by atoms with Crippen LogP contribution in [0.1, 0.15) is 13.8 Å². The van der Waals surface area contributed by atoms with Crippen molar-refractivity contribution in [1.29, 1.82) is 0 Å². The molecule has 0 spiro atoms. The second kappa shape index (κ2) is 8.25. The van der Waals surface area contributed by atoms with Crippen LogP contribution in [0.3, 0.4) is 0 Å². The molecule has 0 aromatic carbocycles. The zero-order valence-electron chi connectivity index (χ0n) is 6.99. The van der Waals surface area contributed by atoms with Crippen molar-refractivity contribution in [3.63, 3.8) is 0 Å². The van der Waals surface area contributed by atoms with Crippen LogP contribution < -0.4 is 0 Å². The largest absolute Gasteiger partial charge is 0.466 e. The third kappa shape index (κ3) is 15.7. The number of hydrogen-bond acceptors (Lipinski definition) is 2. The molecular weight excluding hydrogens is 281 g/mol. The molecule has 0 saturated heterocycles. The molecule has 0 saturated carbocycles. The Hall–Kier alpha value is 0.920. The van der Waals surface area contributed by atoms with E-state index in [0.717, 1.165) is 0 Å². The Morgan fingerprint density at radius 1 is 1.38 bits per heavy atom. The van der Waals surface area contributed by atoms with Crippen LogP contribution in [0.4, 0.5) is 0 Å². The maximum Gasteiger partial charge on any atom is 0.302 e. The van der Waals surface area contributed by atoms with Gasteiger partial charge in [0.05, 0.1) is 6.61 Å². The van der Waals surface area contributed by atoms with Crippen molar-refractivity contribution < 1.29 is 9.53 Å². The van der Waals surface area contributed by atoms with Crippen LogP contribution >= 0.6 is 58.0 Å². The summed E-state index contributed by atoms with van der Waals surface area (Å²) in [5.41, 5.74) is 0. The lowest BCUT2D eigenvalue weighted by Crippen LogP contribution is -2.11. The predicted molar refractivity (Wildman–Crippen MR) is 58.1 cm³/mol. The van der Waals surface area contributed by atoms with Gasteiger partial charge in [0.1, 0.15) is 0 Å². The number of hydrogen-bond donors (Lipinski definition) is 0. The Bertz CT molecular complexity index is 142. The molecular formula is C6H9Cl5O2. The lowest BCUT2D eigenvalue weighted by molar-refractivity contribution is -0.140. The molecule has 2 nitrogen and oxygen atoms in total. The fourth-order valence-corrected chi connectivity index (χ4v) is 0.203. The van der Waals surface area contributed by atoms with Gasteiger partial charge in [-0.05, 0) is 6.92 Å². The number of carbonyl (C=O) groups excluding carboxylic acids is 1. The van der Waals surface area contributed by atoms with Crippen LogP contribution in [-0.4, -0.2) is 21.2 Å². The first-order chi connectivity index (χ1) is 5.71. The summed E-state index contributed by atoms with van der Waals surface area (Å²) in [4.78, 5) is 8.86. The minimum Gasteiger partial charge on any atom is -0.466 e. The summed E-state index contributed by atoms with van der Waals surface area (Å²) in [5, 5.41) is 0. The molecule has 0 atom stereocenters. The molecule has 13 heavy (non-hydrogen) atoms. The van der Waals surface area contributed by atoms with Gasteiger partial charge >= 0.3 is 5.97 Å². The maximum atomic E-state index is 9.82. The fourth-order valence-electron chi connectivity index (χ4n) is 0.203. The Morgan fingerprint density at radius 3 is 1.69 bits per heavy atom. The number of carbonyl (C=O) groups is 1. The third-order valence-corrected chi connectivity index (χ3v) is 2.57. The quantitative estimate of drug-likeness (QED) is 0.543. The summed E-state index contributed by atoms with van der Waals surface area (Å²) in [6.45, 7) is 3.65. The van der Waals surface area contributed by atoms with E-state index in [1.165, 1.54) is 6.92 Å². The third-order valence-electron chi connectivity index (χ3n) is 0.595. The highest BCUT2D eigenvalue weighted by atomic mass is 35.6. The van der Waals surface area contributed by atoms with Gasteiger partial charge in [-0.3, -0.25) is 4.79 Å². The van der Waals surface area contributed by atoms with Crippen molar-refractivity contribution in [3.05, 3.63) is 0 Å². The van der Waals surface area contributed by atoms with Gasteiger partial charge < -0.3 is 4.74 Å². The monoisotopic (exact) mass is 288 g/mol. The summed E-state index contributed by atoms with van der Waals surface area (Å²) in [6.07, 6.45) is 0. The number of rotatable bonds is 1. The van der Waals surface area contributed by atoms with Crippen LogP contribution in [0.25, 0.3) is 0 Å². The summed E-state index contributed by atoms with van der Waals surface area (Å²) in [5.74, 6) is -0.211. The van der Waals surface area contributed by atoms with Gasteiger partial charge in [-0.15, -0.1) is 23.2 Å². The molecule has 0 aliphatic heterocycles. The molecule has 0 bridgehead atoms. The number of alkyl halides is 5. The van der Waals surface area contributed by atoms with Gasteiger partial charge in [-0.25, -0.2) is 0 Å². The first-order valence-electron chi connectivity index (χ1n) is 3.20. The first kappa shape index (κ1) is 16.4. The van der Waals surface area contributed by atoms with Crippen molar-refractivity contribution in [2.24, 2.45) is 0 Å². The Labute approximate surface area is 102 Å². The number of ether oxygens (including phenoxy) is 1. The molecule has 0 heterocycles. The van der Waals surface area contributed by atoms with Crippen molar-refractivity contribution in [1.82, 2.24) is 0 Å². The van der Waals surface area contributed by atoms with Crippen molar-refractivity contribution >= 4 is 64.0 Å². The average molecular weight is 290 g/mol. The summed E-state index contributed by atoms with van der Waals surface area (Å²) >= 11 is 25.7. The van der Waals surface area contributed by atoms with E-state index in [1.54, 1.807) is 6.92 Å². The molecule has 80 valence electrons. The van der Waals surface area contributed by atoms with E-state index in [1.807, 2.05) is 0 Å². The molecule has 0 fully saturated rings. The van der Waals surface area contributed by atoms with Crippen molar-refractivity contribution in [2.75, 3.05) is 6.61 Å². The van der Waals surface area contributed by atoms with E-state index in [2.05, 4.69) is 4.74 Å². The van der Waals surface area contributed by atoms with E-state index in [-0.39, 0.29) is 5.97 Å². The van der Waals surface area contributed by atoms with Crippen LogP contribution in [0.5, 0.6) is 0 Å². The van der Waals surface area contributed by atoms with E-state index in [4.69, 9.17) is 58.0 Å². The molecule has 0 amide bonds. The van der Waals surface area contributed by atoms with E-state index in [0.29, 0.717) is 6.61 Å². The molecule has 0 N–H and O–H groups in total. The minimum absolute atomic E-state index is 0.211. The molecule has 0 rings (SSSR count). The molecule has 0 aromatic heterocycles. The lowest BCUT2D eigenvalue weighted by Gasteiger charge is -2.09. The van der Waals surface area contributed by atoms with Gasteiger partial charge in [0, 0.05) is 6.92 Å². The molecule has 7 heteroatoms. The van der Waals surface area contributed by atoms with Crippen LogP contribution in [0, 0.1) is 0 Å². The SMILES string of the molecule is CCOC(C)=O.ClC(Cl)C(Cl)(Cl)Cl. The van der Waals surface area contributed by atoms with Gasteiger partial charge in [-0.2, -0.15) is 0 Å². The topological polar surface area (TPSA) is 26.3 Å². The van der Waals surface area contributed by atoms with Gasteiger partial charge in [0.15, 0.2) is 4.84 Å². The number of halogens is 5.